The fourth-order valence-corrected chi connectivity index (χ4v) is 5.00. The summed E-state index contributed by atoms with van der Waals surface area (Å²) in [5.74, 6) is -0.404. The molecule has 0 spiro atoms. The predicted octanol–water partition coefficient (Wildman–Crippen LogP) is 9.25. The minimum absolute atomic E-state index is 0.249. The van der Waals surface area contributed by atoms with E-state index in [1.54, 1.807) is 24.3 Å². The van der Waals surface area contributed by atoms with E-state index in [1.807, 2.05) is 26.0 Å². The molecular formula is C34H37F2NO3. The Kier molecular flexibility index (Phi) is 11.9. The number of esters is 1. The smallest absolute Gasteiger partial charge is 0.343 e. The fourth-order valence-electron chi connectivity index (χ4n) is 5.00. The van der Waals surface area contributed by atoms with Crippen molar-refractivity contribution < 1.29 is 23.0 Å². The van der Waals surface area contributed by atoms with Gasteiger partial charge in [-0.25, -0.2) is 13.6 Å². The Bertz CT molecular complexity index is 1280. The number of allylic oxidation sites excluding steroid dienone is 1. The van der Waals surface area contributed by atoms with Gasteiger partial charge in [0.15, 0.2) is 0 Å². The molecular weight excluding hydrogens is 508 g/mol. The van der Waals surface area contributed by atoms with Crippen molar-refractivity contribution in [3.05, 3.63) is 101 Å². The first-order valence-corrected chi connectivity index (χ1v) is 13.9. The number of rotatable bonds is 8. The number of hydrogen-bond donors (Lipinski definition) is 0. The molecule has 6 heteroatoms. The van der Waals surface area contributed by atoms with Gasteiger partial charge < -0.3 is 9.47 Å². The van der Waals surface area contributed by atoms with Crippen LogP contribution in [-0.4, -0.2) is 12.6 Å². The van der Waals surface area contributed by atoms with Crippen LogP contribution in [0.3, 0.4) is 0 Å². The third-order valence-electron chi connectivity index (χ3n) is 7.05. The minimum Gasteiger partial charge on any atom is -0.494 e. The SMILES string of the molecule is CC=Cc1ccc(C(=O)Oc2cc(F)c(C#N)c(F)c2)cc1.CCCC1CCC(c2ccc(OCC)cc2)CC1. The van der Waals surface area contributed by atoms with E-state index in [0.717, 1.165) is 41.9 Å². The van der Waals surface area contributed by atoms with Crippen LogP contribution in [0.5, 0.6) is 11.5 Å². The van der Waals surface area contributed by atoms with Crippen molar-refractivity contribution in [1.82, 2.24) is 0 Å². The average Bonchev–Trinajstić information content (AvgIpc) is 2.95. The molecule has 3 aromatic carbocycles. The topological polar surface area (TPSA) is 59.3 Å². The Morgan fingerprint density at radius 3 is 2.10 bits per heavy atom. The van der Waals surface area contributed by atoms with E-state index in [9.17, 15) is 13.6 Å². The highest BCUT2D eigenvalue weighted by Gasteiger charge is 2.21. The lowest BCUT2D eigenvalue weighted by Gasteiger charge is -2.28. The molecule has 0 atom stereocenters. The number of carbonyl (C=O) groups is 1. The van der Waals surface area contributed by atoms with Gasteiger partial charge in [0.2, 0.25) is 0 Å². The molecule has 0 aliphatic heterocycles. The zero-order valence-corrected chi connectivity index (χ0v) is 23.5. The summed E-state index contributed by atoms with van der Waals surface area (Å²) in [5, 5.41) is 8.58. The second kappa shape index (κ2) is 15.6. The van der Waals surface area contributed by atoms with Gasteiger partial charge in [-0.1, -0.05) is 56.2 Å². The van der Waals surface area contributed by atoms with Gasteiger partial charge in [0.05, 0.1) is 12.2 Å². The molecule has 0 radical (unpaired) electrons. The number of nitrogens with zero attached hydrogens (tertiary/aromatic N) is 1. The summed E-state index contributed by atoms with van der Waals surface area (Å²) in [6.45, 7) is 6.96. The van der Waals surface area contributed by atoms with Gasteiger partial charge in [-0.15, -0.1) is 0 Å². The summed E-state index contributed by atoms with van der Waals surface area (Å²) in [5.41, 5.74) is 1.96. The molecule has 1 saturated carbocycles. The van der Waals surface area contributed by atoms with Crippen LogP contribution in [0.4, 0.5) is 8.78 Å². The van der Waals surface area contributed by atoms with Crippen molar-refractivity contribution >= 4 is 12.0 Å². The monoisotopic (exact) mass is 545 g/mol. The standard InChI is InChI=1S/C17H11F2NO2.C17H26O/c1-2-3-11-4-6-12(7-5-11)17(21)22-13-8-15(18)14(10-20)16(19)9-13;1-3-5-14-6-8-15(9-7-14)16-10-12-17(13-11-16)18-4-2/h2-9H,1H3;10-15H,3-9H2,1-2H3. The molecule has 0 N–H and O–H groups in total. The van der Waals surface area contributed by atoms with Crippen molar-refractivity contribution in [3.8, 4) is 17.6 Å². The molecule has 1 aliphatic rings. The van der Waals surface area contributed by atoms with Gasteiger partial charge in [-0.2, -0.15) is 5.26 Å². The van der Waals surface area contributed by atoms with Crippen LogP contribution in [0, 0.1) is 28.9 Å². The van der Waals surface area contributed by atoms with Crippen LogP contribution in [0.25, 0.3) is 6.08 Å². The maximum absolute atomic E-state index is 13.4. The zero-order chi connectivity index (χ0) is 28.9. The fraction of sp³-hybridized carbons (Fsp3) is 0.353. The Morgan fingerprint density at radius 1 is 0.950 bits per heavy atom. The van der Waals surface area contributed by atoms with Gasteiger partial charge in [0.1, 0.15) is 34.8 Å². The lowest BCUT2D eigenvalue weighted by Crippen LogP contribution is -2.13. The van der Waals surface area contributed by atoms with Gasteiger partial charge in [-0.05, 0) is 86.8 Å². The van der Waals surface area contributed by atoms with Crippen LogP contribution in [0.1, 0.15) is 92.3 Å². The van der Waals surface area contributed by atoms with Crippen LogP contribution >= 0.6 is 0 Å². The third kappa shape index (κ3) is 8.77. The second-order valence-corrected chi connectivity index (χ2v) is 9.89. The summed E-state index contributed by atoms with van der Waals surface area (Å²) in [6, 6.07) is 18.3. The van der Waals surface area contributed by atoms with E-state index in [4.69, 9.17) is 14.7 Å². The van der Waals surface area contributed by atoms with Crippen molar-refractivity contribution in [3.63, 3.8) is 0 Å². The van der Waals surface area contributed by atoms with Gasteiger partial charge >= 0.3 is 5.97 Å². The molecule has 0 aromatic heterocycles. The molecule has 0 heterocycles. The average molecular weight is 546 g/mol. The van der Waals surface area contributed by atoms with E-state index >= 15 is 0 Å². The summed E-state index contributed by atoms with van der Waals surface area (Å²) in [6.07, 6.45) is 12.1. The highest BCUT2D eigenvalue weighted by molar-refractivity contribution is 5.91. The van der Waals surface area contributed by atoms with Crippen molar-refractivity contribution in [2.45, 2.75) is 65.2 Å². The van der Waals surface area contributed by atoms with Crippen molar-refractivity contribution in [2.75, 3.05) is 6.61 Å². The Hall–Kier alpha value is -3.98. The molecule has 0 saturated heterocycles. The molecule has 4 nitrogen and oxygen atoms in total. The first-order chi connectivity index (χ1) is 19.4. The Morgan fingerprint density at radius 2 is 1.57 bits per heavy atom. The summed E-state index contributed by atoms with van der Waals surface area (Å²) in [4.78, 5) is 11.9. The maximum atomic E-state index is 13.4. The van der Waals surface area contributed by atoms with E-state index < -0.39 is 23.2 Å². The normalized spacial score (nSPS) is 16.5. The van der Waals surface area contributed by atoms with Gasteiger partial charge in [-0.3, -0.25) is 0 Å². The maximum Gasteiger partial charge on any atom is 0.343 e. The highest BCUT2D eigenvalue weighted by Crippen LogP contribution is 2.37. The van der Waals surface area contributed by atoms with E-state index in [1.165, 1.54) is 50.2 Å². The van der Waals surface area contributed by atoms with Gasteiger partial charge in [0.25, 0.3) is 0 Å². The summed E-state index contributed by atoms with van der Waals surface area (Å²) < 4.78 is 37.3. The molecule has 1 fully saturated rings. The lowest BCUT2D eigenvalue weighted by atomic mass is 9.77. The number of nitriles is 1. The Balaban J connectivity index is 0.000000225. The van der Waals surface area contributed by atoms with E-state index in [2.05, 4.69) is 31.2 Å². The summed E-state index contributed by atoms with van der Waals surface area (Å²) >= 11 is 0. The van der Waals surface area contributed by atoms with Gasteiger partial charge in [0, 0.05) is 12.1 Å². The highest BCUT2D eigenvalue weighted by atomic mass is 19.1. The number of ether oxygens (including phenoxy) is 2. The summed E-state index contributed by atoms with van der Waals surface area (Å²) in [7, 11) is 0. The number of carbonyl (C=O) groups excluding carboxylic acids is 1. The molecule has 40 heavy (non-hydrogen) atoms. The zero-order valence-electron chi connectivity index (χ0n) is 23.5. The van der Waals surface area contributed by atoms with Crippen LogP contribution in [-0.2, 0) is 0 Å². The van der Waals surface area contributed by atoms with E-state index in [0.29, 0.717) is 0 Å². The van der Waals surface area contributed by atoms with Crippen molar-refractivity contribution in [1.29, 1.82) is 5.26 Å². The lowest BCUT2D eigenvalue weighted by molar-refractivity contribution is 0.0734. The molecule has 0 amide bonds. The van der Waals surface area contributed by atoms with Crippen LogP contribution < -0.4 is 9.47 Å². The molecule has 0 unspecified atom stereocenters. The molecule has 3 aromatic rings. The van der Waals surface area contributed by atoms with E-state index in [-0.39, 0.29) is 11.3 Å². The first kappa shape index (κ1) is 30.6. The molecule has 4 rings (SSSR count). The number of hydrogen-bond acceptors (Lipinski definition) is 4. The molecule has 0 bridgehead atoms. The van der Waals surface area contributed by atoms with Crippen molar-refractivity contribution in [2.24, 2.45) is 5.92 Å². The predicted molar refractivity (Wildman–Crippen MR) is 154 cm³/mol. The quantitative estimate of drug-likeness (QED) is 0.209. The van der Waals surface area contributed by atoms with Crippen LogP contribution in [0.2, 0.25) is 0 Å². The number of benzene rings is 3. The minimum atomic E-state index is -1.08. The second-order valence-electron chi connectivity index (χ2n) is 9.89. The molecule has 210 valence electrons. The van der Waals surface area contributed by atoms with Crippen LogP contribution in [0.15, 0.2) is 66.7 Å². The number of halogens is 2. The third-order valence-corrected chi connectivity index (χ3v) is 7.05. The largest absolute Gasteiger partial charge is 0.494 e. The molecule has 1 aliphatic carbocycles. The first-order valence-electron chi connectivity index (χ1n) is 13.9. The Labute approximate surface area is 236 Å².